The second-order valence-corrected chi connectivity index (χ2v) is 3.43. The van der Waals surface area contributed by atoms with Crippen molar-refractivity contribution in [3.8, 4) is 10.7 Å². The topological polar surface area (TPSA) is 86.7 Å². The van der Waals surface area contributed by atoms with Crippen LogP contribution in [0.2, 0.25) is 0 Å². The van der Waals surface area contributed by atoms with E-state index in [2.05, 4.69) is 15.5 Å². The SMILES string of the molecule is Cn1nnnc1-c1sccc1[N+](=O)[O-]. The molecule has 0 bridgehead atoms. The highest BCUT2D eigenvalue weighted by Crippen LogP contribution is 2.32. The molecule has 0 N–H and O–H groups in total. The zero-order valence-corrected chi connectivity index (χ0v) is 7.93. The Hall–Kier alpha value is -1.83. The van der Waals surface area contributed by atoms with Crippen molar-refractivity contribution in [2.24, 2.45) is 7.05 Å². The molecule has 0 aromatic carbocycles. The Balaban J connectivity index is 2.57. The Morgan fingerprint density at radius 1 is 1.64 bits per heavy atom. The Morgan fingerprint density at radius 2 is 2.43 bits per heavy atom. The lowest BCUT2D eigenvalue weighted by Crippen LogP contribution is -1.95. The molecule has 0 atom stereocenters. The fourth-order valence-corrected chi connectivity index (χ4v) is 1.91. The van der Waals surface area contributed by atoms with Gasteiger partial charge in [-0.15, -0.1) is 16.4 Å². The van der Waals surface area contributed by atoms with E-state index in [-0.39, 0.29) is 5.69 Å². The summed E-state index contributed by atoms with van der Waals surface area (Å²) in [7, 11) is 1.64. The third-order valence-electron chi connectivity index (χ3n) is 1.66. The van der Waals surface area contributed by atoms with E-state index in [9.17, 15) is 10.1 Å². The van der Waals surface area contributed by atoms with Crippen LogP contribution >= 0.6 is 11.3 Å². The molecule has 2 heterocycles. The van der Waals surface area contributed by atoms with E-state index < -0.39 is 4.92 Å². The Bertz CT molecular complexity index is 476. The Morgan fingerprint density at radius 3 is 3.00 bits per heavy atom. The molecule has 0 radical (unpaired) electrons. The van der Waals surface area contributed by atoms with Crippen molar-refractivity contribution < 1.29 is 4.92 Å². The first-order chi connectivity index (χ1) is 6.70. The number of hydrogen-bond donors (Lipinski definition) is 0. The molecule has 0 amide bonds. The number of rotatable bonds is 2. The van der Waals surface area contributed by atoms with Crippen molar-refractivity contribution in [3.63, 3.8) is 0 Å². The van der Waals surface area contributed by atoms with Gasteiger partial charge in [0.2, 0.25) is 0 Å². The quantitative estimate of drug-likeness (QED) is 0.542. The van der Waals surface area contributed by atoms with E-state index in [1.54, 1.807) is 12.4 Å². The van der Waals surface area contributed by atoms with E-state index in [0.29, 0.717) is 10.7 Å². The predicted molar refractivity (Wildman–Crippen MR) is 48.8 cm³/mol. The first kappa shape index (κ1) is 8.75. The smallest absolute Gasteiger partial charge is 0.258 e. The minimum absolute atomic E-state index is 0.0351. The van der Waals surface area contributed by atoms with Gasteiger partial charge in [0.25, 0.3) is 5.69 Å². The van der Waals surface area contributed by atoms with Gasteiger partial charge in [0, 0.05) is 13.1 Å². The summed E-state index contributed by atoms with van der Waals surface area (Å²) in [5.41, 5.74) is 0.0351. The molecule has 0 aliphatic rings. The molecule has 0 unspecified atom stereocenters. The molecule has 0 saturated heterocycles. The van der Waals surface area contributed by atoms with E-state index in [4.69, 9.17) is 0 Å². The van der Waals surface area contributed by atoms with E-state index >= 15 is 0 Å². The van der Waals surface area contributed by atoms with Crippen molar-refractivity contribution in [3.05, 3.63) is 21.6 Å². The highest BCUT2D eigenvalue weighted by Gasteiger charge is 2.20. The van der Waals surface area contributed by atoms with Crippen molar-refractivity contribution in [2.75, 3.05) is 0 Å². The average Bonchev–Trinajstić information content (AvgIpc) is 2.70. The van der Waals surface area contributed by atoms with Gasteiger partial charge in [0.05, 0.1) is 4.92 Å². The molecule has 0 fully saturated rings. The fraction of sp³-hybridized carbons (Fsp3) is 0.167. The summed E-state index contributed by atoms with van der Waals surface area (Å²) in [5, 5.41) is 23.0. The summed E-state index contributed by atoms with van der Waals surface area (Å²) in [4.78, 5) is 10.7. The third kappa shape index (κ3) is 1.25. The van der Waals surface area contributed by atoms with Crippen LogP contribution in [0.5, 0.6) is 0 Å². The minimum Gasteiger partial charge on any atom is -0.258 e. The molecule has 0 aliphatic carbocycles. The van der Waals surface area contributed by atoms with Crippen molar-refractivity contribution >= 4 is 17.0 Å². The third-order valence-corrected chi connectivity index (χ3v) is 2.56. The summed E-state index contributed by atoms with van der Waals surface area (Å²) in [6.07, 6.45) is 0. The molecular weight excluding hydrogens is 206 g/mol. The highest BCUT2D eigenvalue weighted by atomic mass is 32.1. The molecule has 2 rings (SSSR count). The van der Waals surface area contributed by atoms with Crippen LogP contribution < -0.4 is 0 Å². The second-order valence-electron chi connectivity index (χ2n) is 2.52. The van der Waals surface area contributed by atoms with Crippen LogP contribution in [0.25, 0.3) is 10.7 Å². The monoisotopic (exact) mass is 211 g/mol. The standard InChI is InChI=1S/C6H5N5O2S/c1-10-6(7-8-9-10)5-4(11(12)13)2-3-14-5/h2-3H,1H3. The zero-order valence-electron chi connectivity index (χ0n) is 7.12. The summed E-state index contributed by atoms with van der Waals surface area (Å²) >= 11 is 1.24. The maximum absolute atomic E-state index is 10.6. The van der Waals surface area contributed by atoms with E-state index in [0.717, 1.165) is 0 Å². The molecule has 0 spiro atoms. The average molecular weight is 211 g/mol. The fourth-order valence-electron chi connectivity index (χ4n) is 1.04. The molecule has 14 heavy (non-hydrogen) atoms. The van der Waals surface area contributed by atoms with Crippen molar-refractivity contribution in [2.45, 2.75) is 0 Å². The maximum atomic E-state index is 10.6. The van der Waals surface area contributed by atoms with Crippen LogP contribution in [0.1, 0.15) is 0 Å². The van der Waals surface area contributed by atoms with Crippen molar-refractivity contribution in [1.29, 1.82) is 0 Å². The second kappa shape index (κ2) is 3.14. The van der Waals surface area contributed by atoms with Gasteiger partial charge in [-0.3, -0.25) is 10.1 Å². The largest absolute Gasteiger partial charge is 0.291 e. The van der Waals surface area contributed by atoms with Crippen LogP contribution in [0.4, 0.5) is 5.69 Å². The summed E-state index contributed by atoms with van der Waals surface area (Å²) in [6.45, 7) is 0. The van der Waals surface area contributed by atoms with Crippen LogP contribution in [-0.2, 0) is 7.05 Å². The number of tetrazole rings is 1. The van der Waals surface area contributed by atoms with Gasteiger partial charge in [-0.05, 0) is 15.8 Å². The van der Waals surface area contributed by atoms with E-state index in [1.165, 1.54) is 22.1 Å². The van der Waals surface area contributed by atoms with Gasteiger partial charge in [0.1, 0.15) is 0 Å². The number of hydrogen-bond acceptors (Lipinski definition) is 6. The lowest BCUT2D eigenvalue weighted by atomic mass is 10.4. The van der Waals surface area contributed by atoms with Gasteiger partial charge >= 0.3 is 0 Å². The van der Waals surface area contributed by atoms with E-state index in [1.807, 2.05) is 0 Å². The lowest BCUT2D eigenvalue weighted by Gasteiger charge is -1.93. The number of nitro groups is 1. The van der Waals surface area contributed by atoms with Crippen LogP contribution in [0, 0.1) is 10.1 Å². The summed E-state index contributed by atoms with van der Waals surface area (Å²) in [6, 6.07) is 1.44. The lowest BCUT2D eigenvalue weighted by molar-refractivity contribution is -0.383. The molecule has 72 valence electrons. The maximum Gasteiger partial charge on any atom is 0.291 e. The van der Waals surface area contributed by atoms with Gasteiger partial charge in [-0.1, -0.05) is 0 Å². The summed E-state index contributed by atoms with van der Waals surface area (Å²) in [5.74, 6) is 0.409. The van der Waals surface area contributed by atoms with Crippen LogP contribution in [0.3, 0.4) is 0 Å². The molecule has 7 nitrogen and oxygen atoms in total. The predicted octanol–water partition coefficient (Wildman–Crippen LogP) is 0.847. The Labute approximate surface area is 82.1 Å². The highest BCUT2D eigenvalue weighted by molar-refractivity contribution is 7.14. The normalized spacial score (nSPS) is 10.4. The van der Waals surface area contributed by atoms with Crippen molar-refractivity contribution in [1.82, 2.24) is 20.2 Å². The van der Waals surface area contributed by atoms with Gasteiger partial charge in [-0.2, -0.15) is 0 Å². The first-order valence-electron chi connectivity index (χ1n) is 3.65. The summed E-state index contributed by atoms with van der Waals surface area (Å²) < 4.78 is 1.40. The van der Waals surface area contributed by atoms with Crippen LogP contribution in [-0.4, -0.2) is 25.1 Å². The Kier molecular flexibility index (Phi) is 1.97. The molecule has 2 aromatic rings. The van der Waals surface area contributed by atoms with Gasteiger partial charge in [0.15, 0.2) is 10.7 Å². The molecule has 0 aliphatic heterocycles. The molecular formula is C6H5N5O2S. The molecule has 2 aromatic heterocycles. The number of aryl methyl sites for hydroxylation is 1. The molecule has 0 saturated carbocycles. The number of thiophene rings is 1. The number of nitrogens with zero attached hydrogens (tertiary/aromatic N) is 5. The van der Waals surface area contributed by atoms with Gasteiger partial charge in [-0.25, -0.2) is 4.68 Å². The van der Waals surface area contributed by atoms with Gasteiger partial charge < -0.3 is 0 Å². The molecule has 8 heteroatoms. The first-order valence-corrected chi connectivity index (χ1v) is 4.52. The van der Waals surface area contributed by atoms with Crippen LogP contribution in [0.15, 0.2) is 11.4 Å². The number of aromatic nitrogens is 4. The zero-order chi connectivity index (χ0) is 10.1. The minimum atomic E-state index is -0.444.